The zero-order valence-corrected chi connectivity index (χ0v) is 22.9. The number of nitrogens with one attached hydrogen (secondary N) is 1. The number of likely N-dealkylation sites (tertiary alicyclic amines) is 1. The number of likely N-dealkylation sites (N-methyl/N-ethyl adjacent to an activating group) is 1. The van der Waals surface area contributed by atoms with E-state index in [0.29, 0.717) is 26.2 Å². The van der Waals surface area contributed by atoms with Crippen LogP contribution in [0.1, 0.15) is 12.0 Å². The lowest BCUT2D eigenvalue weighted by Crippen LogP contribution is -2.44. The number of nitrogen functional groups attached to an aromatic ring is 1. The second-order valence-electron chi connectivity index (χ2n) is 10.3. The van der Waals surface area contributed by atoms with Crippen LogP contribution in [0.25, 0.3) is 32.2 Å². The molecular formula is C26H24F7N7OS. The molecule has 2 saturated heterocycles. The summed E-state index contributed by atoms with van der Waals surface area (Å²) in [5, 5.41) is 2.82. The second-order valence-corrected chi connectivity index (χ2v) is 11.4. The van der Waals surface area contributed by atoms with Gasteiger partial charge < -0.3 is 20.7 Å². The summed E-state index contributed by atoms with van der Waals surface area (Å²) in [5.74, 6) is -5.00. The van der Waals surface area contributed by atoms with Gasteiger partial charge in [0.25, 0.3) is 5.92 Å². The Hall–Kier alpha value is -3.50. The Kier molecular flexibility index (Phi) is 7.05. The van der Waals surface area contributed by atoms with Crippen molar-refractivity contribution in [3.05, 3.63) is 35.4 Å². The third-order valence-electron chi connectivity index (χ3n) is 7.44. The van der Waals surface area contributed by atoms with Gasteiger partial charge in [-0.15, -0.1) is 0 Å². The van der Waals surface area contributed by atoms with Crippen molar-refractivity contribution in [2.75, 3.05) is 57.0 Å². The van der Waals surface area contributed by atoms with Crippen LogP contribution in [-0.4, -0.2) is 78.2 Å². The van der Waals surface area contributed by atoms with Crippen LogP contribution in [0.4, 0.5) is 41.7 Å². The SMILES string of the molecule is CN1CC(F)(F)C[C@H]1COc1nc(N2CCNCC2)c2cc(C(F)(F)F)c(-c3ccc(F)c4sc(N)nc34)c(F)c2n1. The number of fused-ring (bicyclic) bond motifs is 2. The Morgan fingerprint density at radius 3 is 2.52 bits per heavy atom. The van der Waals surface area contributed by atoms with E-state index in [0.717, 1.165) is 29.5 Å². The van der Waals surface area contributed by atoms with Gasteiger partial charge in [0, 0.05) is 55.2 Å². The molecule has 4 heterocycles. The molecule has 0 saturated carbocycles. The largest absolute Gasteiger partial charge is 0.462 e. The third-order valence-corrected chi connectivity index (χ3v) is 8.33. The van der Waals surface area contributed by atoms with Crippen molar-refractivity contribution >= 4 is 43.4 Å². The normalized spacial score (nSPS) is 19.7. The molecule has 0 spiro atoms. The van der Waals surface area contributed by atoms with Gasteiger partial charge in [-0.25, -0.2) is 22.5 Å². The van der Waals surface area contributed by atoms with Crippen molar-refractivity contribution in [2.24, 2.45) is 0 Å². The highest BCUT2D eigenvalue weighted by atomic mass is 32.1. The summed E-state index contributed by atoms with van der Waals surface area (Å²) < 4.78 is 108. The molecule has 4 aromatic rings. The summed E-state index contributed by atoms with van der Waals surface area (Å²) in [6.45, 7) is 0.987. The van der Waals surface area contributed by atoms with Crippen molar-refractivity contribution in [1.82, 2.24) is 25.2 Å². The second kappa shape index (κ2) is 10.3. The summed E-state index contributed by atoms with van der Waals surface area (Å²) in [6.07, 6.45) is -5.49. The number of halogens is 7. The fourth-order valence-corrected chi connectivity index (χ4v) is 6.23. The monoisotopic (exact) mass is 615 g/mol. The molecule has 16 heteroatoms. The van der Waals surface area contributed by atoms with E-state index in [9.17, 15) is 26.3 Å². The van der Waals surface area contributed by atoms with Gasteiger partial charge in [-0.1, -0.05) is 11.3 Å². The number of thiazole rings is 1. The molecule has 42 heavy (non-hydrogen) atoms. The van der Waals surface area contributed by atoms with Crippen LogP contribution in [0, 0.1) is 11.6 Å². The van der Waals surface area contributed by atoms with Gasteiger partial charge in [-0.3, -0.25) is 4.90 Å². The Balaban J connectivity index is 1.55. The van der Waals surface area contributed by atoms with Gasteiger partial charge in [-0.05, 0) is 25.2 Å². The third kappa shape index (κ3) is 5.15. The maximum atomic E-state index is 16.5. The van der Waals surface area contributed by atoms with Gasteiger partial charge in [0.15, 0.2) is 10.9 Å². The zero-order chi connectivity index (χ0) is 30.0. The number of anilines is 2. The predicted octanol–water partition coefficient (Wildman–Crippen LogP) is 4.91. The van der Waals surface area contributed by atoms with Crippen molar-refractivity contribution in [3.8, 4) is 17.1 Å². The number of piperazine rings is 1. The van der Waals surface area contributed by atoms with Gasteiger partial charge >= 0.3 is 12.2 Å². The number of nitrogens with two attached hydrogens (primary N) is 1. The van der Waals surface area contributed by atoms with Crippen LogP contribution in [0.5, 0.6) is 6.01 Å². The van der Waals surface area contributed by atoms with E-state index in [4.69, 9.17) is 10.5 Å². The molecule has 0 radical (unpaired) electrons. The van der Waals surface area contributed by atoms with E-state index >= 15 is 4.39 Å². The number of nitrogens with zero attached hydrogens (tertiary/aromatic N) is 5. The van der Waals surface area contributed by atoms with Crippen molar-refractivity contribution in [2.45, 2.75) is 24.6 Å². The minimum Gasteiger partial charge on any atom is -0.462 e. The molecule has 6 rings (SSSR count). The molecule has 2 aliphatic heterocycles. The quantitative estimate of drug-likeness (QED) is 0.306. The fourth-order valence-electron chi connectivity index (χ4n) is 5.47. The minimum atomic E-state index is -5.03. The standard InChI is InChI=1S/C26H24F7N7OS/c1-39-11-25(29,30)9-12(39)10-41-24-37-19-14(22(38-24)40-6-4-35-5-7-40)8-15(26(31,32)33)17(18(19)28)13-2-3-16(27)21-20(13)36-23(34)42-21/h2-3,8,12,35H,4-7,9-11H2,1H3,(H2,34,36)/t12-/m0/s1. The van der Waals surface area contributed by atoms with Crippen LogP contribution in [-0.2, 0) is 6.18 Å². The molecule has 2 aliphatic rings. The highest BCUT2D eigenvalue weighted by Crippen LogP contribution is 2.46. The Labute approximate surface area is 238 Å². The van der Waals surface area contributed by atoms with Crippen molar-refractivity contribution < 1.29 is 35.5 Å². The summed E-state index contributed by atoms with van der Waals surface area (Å²) >= 11 is 0.725. The number of hydrogen-bond donors (Lipinski definition) is 2. The first-order valence-corrected chi connectivity index (χ1v) is 13.8. The smallest absolute Gasteiger partial charge is 0.417 e. The van der Waals surface area contributed by atoms with Crippen molar-refractivity contribution in [1.29, 1.82) is 0 Å². The molecule has 1 atom stereocenters. The average Bonchev–Trinajstić information content (AvgIpc) is 3.45. The van der Waals surface area contributed by atoms with E-state index < -0.39 is 59.4 Å². The topological polar surface area (TPSA) is 92.4 Å². The highest BCUT2D eigenvalue weighted by Gasteiger charge is 2.44. The number of rotatable bonds is 5. The van der Waals surface area contributed by atoms with E-state index in [1.165, 1.54) is 11.9 Å². The van der Waals surface area contributed by atoms with E-state index in [1.54, 1.807) is 4.90 Å². The van der Waals surface area contributed by atoms with E-state index in [-0.39, 0.29) is 44.7 Å². The number of ether oxygens (including phenoxy) is 1. The summed E-state index contributed by atoms with van der Waals surface area (Å²) in [7, 11) is 1.52. The van der Waals surface area contributed by atoms with Gasteiger partial charge in [0.05, 0.1) is 22.3 Å². The van der Waals surface area contributed by atoms with E-state index in [2.05, 4.69) is 20.3 Å². The lowest BCUT2D eigenvalue weighted by molar-refractivity contribution is -0.137. The van der Waals surface area contributed by atoms with Crippen LogP contribution < -0.4 is 20.7 Å². The first-order chi connectivity index (χ1) is 19.8. The summed E-state index contributed by atoms with van der Waals surface area (Å²) in [4.78, 5) is 15.5. The van der Waals surface area contributed by atoms with Crippen LogP contribution in [0.3, 0.4) is 0 Å². The Morgan fingerprint density at radius 1 is 1.12 bits per heavy atom. The number of aromatic nitrogens is 3. The average molecular weight is 616 g/mol. The van der Waals surface area contributed by atoms with Crippen LogP contribution in [0.2, 0.25) is 0 Å². The molecule has 2 aromatic carbocycles. The molecular weight excluding hydrogens is 591 g/mol. The lowest BCUT2D eigenvalue weighted by atomic mass is 9.95. The first-order valence-electron chi connectivity index (χ1n) is 13.0. The highest BCUT2D eigenvalue weighted by molar-refractivity contribution is 7.22. The minimum absolute atomic E-state index is 0.0136. The fraction of sp³-hybridized carbons (Fsp3) is 0.423. The van der Waals surface area contributed by atoms with Crippen LogP contribution >= 0.6 is 11.3 Å². The molecule has 2 aromatic heterocycles. The number of alkyl halides is 5. The summed E-state index contributed by atoms with van der Waals surface area (Å²) in [5.41, 5.74) is 2.51. The molecule has 0 amide bonds. The first kappa shape index (κ1) is 28.6. The predicted molar refractivity (Wildman–Crippen MR) is 144 cm³/mol. The van der Waals surface area contributed by atoms with Crippen LogP contribution in [0.15, 0.2) is 18.2 Å². The lowest BCUT2D eigenvalue weighted by Gasteiger charge is -2.30. The summed E-state index contributed by atoms with van der Waals surface area (Å²) in [6, 6.07) is 1.66. The molecule has 8 nitrogen and oxygen atoms in total. The molecule has 0 aliphatic carbocycles. The number of benzene rings is 2. The molecule has 0 bridgehead atoms. The molecule has 0 unspecified atom stereocenters. The number of hydrogen-bond acceptors (Lipinski definition) is 9. The molecule has 224 valence electrons. The zero-order valence-electron chi connectivity index (χ0n) is 22.0. The maximum absolute atomic E-state index is 16.5. The Morgan fingerprint density at radius 2 is 1.86 bits per heavy atom. The van der Waals surface area contributed by atoms with E-state index in [1.807, 2.05) is 0 Å². The molecule has 2 fully saturated rings. The maximum Gasteiger partial charge on any atom is 0.417 e. The van der Waals surface area contributed by atoms with Crippen molar-refractivity contribution in [3.63, 3.8) is 0 Å². The van der Waals surface area contributed by atoms with Gasteiger partial charge in [0.1, 0.15) is 23.8 Å². The van der Waals surface area contributed by atoms with Gasteiger partial charge in [-0.2, -0.15) is 23.1 Å². The van der Waals surface area contributed by atoms with Gasteiger partial charge in [0.2, 0.25) is 0 Å². The Bertz CT molecular complexity index is 1670. The molecule has 3 N–H and O–H groups in total.